The number of aryl methyl sites for hydroxylation is 1. The van der Waals surface area contributed by atoms with Gasteiger partial charge in [0.1, 0.15) is 11.5 Å². The molecule has 1 fully saturated rings. The average molecular weight is 622 g/mol. The van der Waals surface area contributed by atoms with Gasteiger partial charge in [0.15, 0.2) is 0 Å². The van der Waals surface area contributed by atoms with Crippen molar-refractivity contribution in [3.8, 4) is 11.5 Å². The molecule has 1 saturated carbocycles. The van der Waals surface area contributed by atoms with Crippen molar-refractivity contribution in [1.82, 2.24) is 0 Å². The molecule has 2 aromatic rings. The Morgan fingerprint density at radius 3 is 2.03 bits per heavy atom. The van der Waals surface area contributed by atoms with Gasteiger partial charge in [0.25, 0.3) is 8.32 Å². The molecule has 216 valence electrons. The summed E-state index contributed by atoms with van der Waals surface area (Å²) in [7, 11) is -2.05. The highest BCUT2D eigenvalue weighted by Gasteiger charge is 2.47. The number of rotatable bonds is 10. The van der Waals surface area contributed by atoms with E-state index >= 15 is 0 Å². The Bertz CT molecular complexity index is 1050. The predicted molar refractivity (Wildman–Crippen MR) is 164 cm³/mol. The van der Waals surface area contributed by atoms with Crippen LogP contribution in [0.4, 0.5) is 8.78 Å². The van der Waals surface area contributed by atoms with Gasteiger partial charge in [0.05, 0.1) is 6.61 Å². The normalized spacial score (nSPS) is 21.8. The Morgan fingerprint density at radius 2 is 1.46 bits per heavy atom. The Kier molecular flexibility index (Phi) is 9.89. The van der Waals surface area contributed by atoms with Crippen molar-refractivity contribution in [2.75, 3.05) is 11.9 Å². The first kappa shape index (κ1) is 30.6. The fraction of sp³-hybridized carbons (Fsp3) is 0.636. The number of benzene rings is 2. The molecule has 39 heavy (non-hydrogen) atoms. The van der Waals surface area contributed by atoms with Crippen molar-refractivity contribution in [2.45, 2.75) is 109 Å². The number of hydrogen-bond acceptors (Lipinski definition) is 2. The molecule has 0 N–H and O–H groups in total. The zero-order valence-electron chi connectivity index (χ0n) is 24.6. The van der Waals surface area contributed by atoms with Crippen LogP contribution >= 0.6 is 15.9 Å². The van der Waals surface area contributed by atoms with E-state index in [0.29, 0.717) is 47.9 Å². The maximum Gasteiger partial charge on any atom is 0.258 e. The number of fused-ring (bicyclic) bond motifs is 1. The van der Waals surface area contributed by atoms with Crippen LogP contribution in [0.25, 0.3) is 0 Å². The number of alkyl halides is 3. The van der Waals surface area contributed by atoms with Gasteiger partial charge in [-0.1, -0.05) is 75.7 Å². The van der Waals surface area contributed by atoms with Crippen molar-refractivity contribution in [2.24, 2.45) is 11.8 Å². The average Bonchev–Trinajstić information content (AvgIpc) is 2.89. The van der Waals surface area contributed by atoms with Gasteiger partial charge in [-0.25, -0.2) is 8.78 Å². The highest BCUT2D eigenvalue weighted by atomic mass is 79.9. The Balaban J connectivity index is 1.69. The van der Waals surface area contributed by atoms with Crippen LogP contribution in [0.5, 0.6) is 11.5 Å². The van der Waals surface area contributed by atoms with Crippen LogP contribution < -0.4 is 9.16 Å². The Labute approximate surface area is 244 Å². The summed E-state index contributed by atoms with van der Waals surface area (Å²) in [6, 6.07) is 15.3. The molecule has 0 aliphatic heterocycles. The highest BCUT2D eigenvalue weighted by Crippen LogP contribution is 2.51. The molecule has 4 rings (SSSR count). The minimum Gasteiger partial charge on any atom is -0.543 e. The van der Waals surface area contributed by atoms with E-state index in [1.165, 1.54) is 16.7 Å². The number of hydrogen-bond donors (Lipinski definition) is 0. The molecular weight excluding hydrogens is 574 g/mol. The summed E-state index contributed by atoms with van der Waals surface area (Å²) in [6.45, 7) is 14.6. The van der Waals surface area contributed by atoms with Crippen LogP contribution in [0.15, 0.2) is 42.5 Å². The van der Waals surface area contributed by atoms with Crippen LogP contribution in [0.2, 0.25) is 16.6 Å². The first-order chi connectivity index (χ1) is 18.5. The molecule has 0 amide bonds. The Hall–Kier alpha value is -1.40. The lowest BCUT2D eigenvalue weighted by Gasteiger charge is -2.43. The van der Waals surface area contributed by atoms with Gasteiger partial charge in [0.2, 0.25) is 5.92 Å². The third-order valence-corrected chi connectivity index (χ3v) is 15.9. The van der Waals surface area contributed by atoms with Gasteiger partial charge in [0, 0.05) is 24.1 Å². The van der Waals surface area contributed by atoms with E-state index in [2.05, 4.69) is 99.9 Å². The SMILES string of the molecule is CC(C)[Si](Oc1ccc2c(c1)CC[C@H](C1CCC(F)(F)CC1)[C@@H]2c1ccc(OCCBr)cc1)(C(C)C)C(C)C. The fourth-order valence-corrected chi connectivity index (χ4v) is 13.2. The number of halogens is 3. The molecule has 0 saturated heterocycles. The standard InChI is InChI=1S/C33H47BrF2O2Si/c1-22(2)39(23(3)4,24(5)6)38-29-12-14-31-27(21-29)9-13-30(25-15-17-33(35,36)18-16-25)32(31)26-7-10-28(11-8-26)37-20-19-34/h7-8,10-12,14,21-25,30,32H,9,13,15-20H2,1-6H3/t30-,32+/m1/s1. The van der Waals surface area contributed by atoms with Crippen LogP contribution in [0.3, 0.4) is 0 Å². The second-order valence-electron chi connectivity index (χ2n) is 12.8. The molecule has 2 aromatic carbocycles. The molecule has 6 heteroatoms. The molecule has 0 radical (unpaired) electrons. The van der Waals surface area contributed by atoms with Crippen molar-refractivity contribution in [3.05, 3.63) is 59.2 Å². The van der Waals surface area contributed by atoms with E-state index in [0.717, 1.165) is 29.7 Å². The first-order valence-corrected chi connectivity index (χ1v) is 18.2. The monoisotopic (exact) mass is 620 g/mol. The van der Waals surface area contributed by atoms with E-state index in [9.17, 15) is 8.78 Å². The van der Waals surface area contributed by atoms with Gasteiger partial charge < -0.3 is 9.16 Å². The van der Waals surface area contributed by atoms with E-state index < -0.39 is 14.2 Å². The van der Waals surface area contributed by atoms with Gasteiger partial charge >= 0.3 is 0 Å². The third kappa shape index (κ3) is 6.58. The molecule has 0 bridgehead atoms. The predicted octanol–water partition coefficient (Wildman–Crippen LogP) is 10.5. The minimum absolute atomic E-state index is 0.0200. The van der Waals surface area contributed by atoms with E-state index in [4.69, 9.17) is 9.16 Å². The van der Waals surface area contributed by atoms with E-state index in [1.807, 2.05) is 0 Å². The molecule has 2 aliphatic rings. The summed E-state index contributed by atoms with van der Waals surface area (Å²) in [4.78, 5) is 0. The molecule has 0 unspecified atom stereocenters. The molecule has 2 atom stereocenters. The summed E-state index contributed by atoms with van der Waals surface area (Å²) >= 11 is 3.42. The molecule has 0 heterocycles. The lowest BCUT2D eigenvalue weighted by Crippen LogP contribution is -2.50. The highest BCUT2D eigenvalue weighted by molar-refractivity contribution is 9.09. The Morgan fingerprint density at radius 1 is 0.872 bits per heavy atom. The van der Waals surface area contributed by atoms with E-state index in [-0.39, 0.29) is 18.8 Å². The summed E-state index contributed by atoms with van der Waals surface area (Å²) in [6.07, 6.45) is 3.27. The molecule has 2 aliphatic carbocycles. The molecule has 0 aromatic heterocycles. The maximum atomic E-state index is 14.1. The molecule has 0 spiro atoms. The van der Waals surface area contributed by atoms with Crippen LogP contribution in [-0.4, -0.2) is 26.2 Å². The summed E-state index contributed by atoms with van der Waals surface area (Å²) in [5.41, 5.74) is 5.50. The summed E-state index contributed by atoms with van der Waals surface area (Å²) < 4.78 is 41.0. The van der Waals surface area contributed by atoms with E-state index in [1.54, 1.807) is 0 Å². The minimum atomic E-state index is -2.50. The van der Waals surface area contributed by atoms with Gasteiger partial charge in [-0.3, -0.25) is 0 Å². The quantitative estimate of drug-likeness (QED) is 0.194. The smallest absolute Gasteiger partial charge is 0.258 e. The fourth-order valence-electron chi connectivity index (χ4n) is 7.80. The third-order valence-electron chi connectivity index (χ3n) is 9.58. The second kappa shape index (κ2) is 12.6. The van der Waals surface area contributed by atoms with Crippen molar-refractivity contribution < 1.29 is 17.9 Å². The molecular formula is C33H47BrF2O2Si. The molecule has 2 nitrogen and oxygen atoms in total. The van der Waals surface area contributed by atoms with Crippen LogP contribution in [0.1, 0.15) is 96.3 Å². The topological polar surface area (TPSA) is 18.5 Å². The maximum absolute atomic E-state index is 14.1. The lowest BCUT2D eigenvalue weighted by atomic mass is 9.64. The largest absolute Gasteiger partial charge is 0.543 e. The summed E-state index contributed by atoms with van der Waals surface area (Å²) in [5, 5.41) is 0.790. The van der Waals surface area contributed by atoms with Crippen molar-refractivity contribution >= 4 is 24.2 Å². The van der Waals surface area contributed by atoms with Crippen LogP contribution in [0, 0.1) is 11.8 Å². The second-order valence-corrected chi connectivity index (χ2v) is 18.9. The van der Waals surface area contributed by atoms with Gasteiger partial charge in [-0.05, 0) is 95.1 Å². The van der Waals surface area contributed by atoms with Crippen LogP contribution in [-0.2, 0) is 6.42 Å². The summed E-state index contributed by atoms with van der Waals surface area (Å²) in [5.74, 6) is 0.260. The zero-order chi connectivity index (χ0) is 28.4. The first-order valence-electron chi connectivity index (χ1n) is 15.0. The van der Waals surface area contributed by atoms with Gasteiger partial charge in [-0.15, -0.1) is 0 Å². The zero-order valence-corrected chi connectivity index (χ0v) is 27.2. The van der Waals surface area contributed by atoms with Crippen molar-refractivity contribution in [3.63, 3.8) is 0 Å². The van der Waals surface area contributed by atoms with Gasteiger partial charge in [-0.2, -0.15) is 0 Å². The number of ether oxygens (including phenoxy) is 1. The van der Waals surface area contributed by atoms with Crippen molar-refractivity contribution in [1.29, 1.82) is 0 Å². The lowest BCUT2D eigenvalue weighted by molar-refractivity contribution is -0.0539.